The van der Waals surface area contributed by atoms with Gasteiger partial charge >= 0.3 is 0 Å². The second kappa shape index (κ2) is 13.1. The minimum absolute atomic E-state index is 0.323. The highest BCUT2D eigenvalue weighted by Crippen LogP contribution is 2.29. The molecule has 0 aromatic heterocycles. The van der Waals surface area contributed by atoms with Crippen LogP contribution in [0.3, 0.4) is 0 Å². The summed E-state index contributed by atoms with van der Waals surface area (Å²) in [6.45, 7) is 3.74. The first-order valence-electron chi connectivity index (χ1n) is 9.30. The average molecular weight is 337 g/mol. The highest BCUT2D eigenvalue weighted by atomic mass is 19.3. The first-order chi connectivity index (χ1) is 10.8. The van der Waals surface area contributed by atoms with Crippen molar-refractivity contribution in [3.63, 3.8) is 0 Å². The fourth-order valence-corrected chi connectivity index (χ4v) is 2.63. The lowest BCUT2D eigenvalue weighted by molar-refractivity contribution is -0.128. The topological polar surface area (TPSA) is 66.5 Å². The average Bonchev–Trinajstić information content (AvgIpc) is 2.48. The molecule has 0 aromatic carbocycles. The molecule has 0 aromatic rings. The Morgan fingerprint density at radius 2 is 1.30 bits per heavy atom. The van der Waals surface area contributed by atoms with E-state index >= 15 is 0 Å². The molecule has 3 nitrogen and oxygen atoms in total. The van der Waals surface area contributed by atoms with Gasteiger partial charge in [0.1, 0.15) is 6.10 Å². The van der Waals surface area contributed by atoms with Crippen molar-refractivity contribution in [2.75, 3.05) is 0 Å². The van der Waals surface area contributed by atoms with Crippen LogP contribution in [-0.4, -0.2) is 34.4 Å². The smallest absolute Gasteiger partial charge is 0.273 e. The quantitative estimate of drug-likeness (QED) is 0.388. The van der Waals surface area contributed by atoms with Gasteiger partial charge in [0.2, 0.25) is 0 Å². The number of halogens is 2. The molecule has 140 valence electrons. The van der Waals surface area contributed by atoms with Crippen molar-refractivity contribution < 1.29 is 19.0 Å². The number of aliphatic hydroxyl groups is 2. The van der Waals surface area contributed by atoms with Crippen molar-refractivity contribution in [2.24, 2.45) is 5.73 Å². The van der Waals surface area contributed by atoms with Crippen molar-refractivity contribution in [3.8, 4) is 0 Å². The van der Waals surface area contributed by atoms with Crippen LogP contribution in [0, 0.1) is 0 Å². The molecule has 23 heavy (non-hydrogen) atoms. The summed E-state index contributed by atoms with van der Waals surface area (Å²) in [5.41, 5.74) is 5.43. The Bertz CT molecular complexity index is 276. The van der Waals surface area contributed by atoms with Crippen LogP contribution in [0.5, 0.6) is 0 Å². The molecule has 4 N–H and O–H groups in total. The van der Waals surface area contributed by atoms with Gasteiger partial charge in [0.15, 0.2) is 0 Å². The lowest BCUT2D eigenvalue weighted by atomic mass is 9.97. The molecule has 0 saturated heterocycles. The van der Waals surface area contributed by atoms with Crippen molar-refractivity contribution in [1.82, 2.24) is 0 Å². The molecule has 0 unspecified atom stereocenters. The Balaban J connectivity index is 3.65. The van der Waals surface area contributed by atoms with Gasteiger partial charge in [-0.2, -0.15) is 0 Å². The van der Waals surface area contributed by atoms with Crippen LogP contribution >= 0.6 is 0 Å². The number of nitrogens with two attached hydrogens (primary N) is 1. The van der Waals surface area contributed by atoms with Gasteiger partial charge in [-0.15, -0.1) is 0 Å². The molecular weight excluding hydrogens is 300 g/mol. The van der Waals surface area contributed by atoms with Gasteiger partial charge in [0.05, 0.1) is 6.10 Å². The van der Waals surface area contributed by atoms with Crippen molar-refractivity contribution in [2.45, 2.75) is 115 Å². The molecule has 0 aliphatic heterocycles. The maximum absolute atomic E-state index is 13.8. The molecule has 0 amide bonds. The van der Waals surface area contributed by atoms with Gasteiger partial charge in [-0.05, 0) is 13.3 Å². The van der Waals surface area contributed by atoms with Crippen molar-refractivity contribution in [3.05, 3.63) is 0 Å². The summed E-state index contributed by atoms with van der Waals surface area (Å²) in [4.78, 5) is 0. The Morgan fingerprint density at radius 3 is 1.74 bits per heavy atom. The highest BCUT2D eigenvalue weighted by molar-refractivity contribution is 4.81. The fraction of sp³-hybridized carbons (Fsp3) is 1.00. The molecule has 0 saturated carbocycles. The van der Waals surface area contributed by atoms with E-state index in [2.05, 4.69) is 6.92 Å². The molecule has 5 heteroatoms. The predicted molar refractivity (Wildman–Crippen MR) is 91.7 cm³/mol. The minimum atomic E-state index is -3.14. The van der Waals surface area contributed by atoms with Crippen LogP contribution in [0.15, 0.2) is 0 Å². The number of aliphatic hydroxyl groups excluding tert-OH is 2. The number of alkyl halides is 2. The molecule has 0 aliphatic carbocycles. The van der Waals surface area contributed by atoms with Gasteiger partial charge in [0, 0.05) is 18.9 Å². The number of unbranched alkanes of at least 4 members (excludes halogenated alkanes) is 9. The van der Waals surface area contributed by atoms with Gasteiger partial charge < -0.3 is 15.9 Å². The van der Waals surface area contributed by atoms with E-state index in [1.54, 1.807) is 0 Å². The molecule has 0 fully saturated rings. The third kappa shape index (κ3) is 11.8. The Labute approximate surface area is 140 Å². The third-order valence-electron chi connectivity index (χ3n) is 4.42. The van der Waals surface area contributed by atoms with Gasteiger partial charge in [0.25, 0.3) is 5.92 Å². The predicted octanol–water partition coefficient (Wildman–Crippen LogP) is 4.39. The molecule has 0 aliphatic rings. The second-order valence-electron chi connectivity index (χ2n) is 6.87. The summed E-state index contributed by atoms with van der Waals surface area (Å²) in [5, 5.41) is 19.1. The molecule has 3 atom stereocenters. The first-order valence-corrected chi connectivity index (χ1v) is 9.30. The molecule has 0 rings (SSSR count). The lowest BCUT2D eigenvalue weighted by Crippen LogP contribution is -2.41. The Morgan fingerprint density at radius 1 is 0.870 bits per heavy atom. The maximum atomic E-state index is 13.8. The molecule has 0 heterocycles. The number of rotatable bonds is 15. The third-order valence-corrected chi connectivity index (χ3v) is 4.42. The number of hydrogen-bond donors (Lipinski definition) is 3. The summed E-state index contributed by atoms with van der Waals surface area (Å²) in [5.74, 6) is -3.14. The summed E-state index contributed by atoms with van der Waals surface area (Å²) in [6, 6.07) is -0.613. The molecule has 0 spiro atoms. The zero-order chi connectivity index (χ0) is 17.7. The van der Waals surface area contributed by atoms with E-state index in [4.69, 9.17) is 5.73 Å². The second-order valence-corrected chi connectivity index (χ2v) is 6.87. The first kappa shape index (κ1) is 22.7. The summed E-state index contributed by atoms with van der Waals surface area (Å²) in [6.07, 6.45) is 7.20. The summed E-state index contributed by atoms with van der Waals surface area (Å²) >= 11 is 0. The van der Waals surface area contributed by atoms with Gasteiger partial charge in [-0.1, -0.05) is 64.7 Å². The van der Waals surface area contributed by atoms with E-state index < -0.39 is 24.2 Å². The Hall–Kier alpha value is -0.260. The van der Waals surface area contributed by atoms with Crippen LogP contribution in [-0.2, 0) is 0 Å². The van der Waals surface area contributed by atoms with Gasteiger partial charge in [-0.3, -0.25) is 0 Å². The van der Waals surface area contributed by atoms with Crippen LogP contribution in [0.25, 0.3) is 0 Å². The number of hydrogen-bond acceptors (Lipinski definition) is 3. The zero-order valence-electron chi connectivity index (χ0n) is 14.9. The van der Waals surface area contributed by atoms with E-state index in [0.29, 0.717) is 6.42 Å². The largest absolute Gasteiger partial charge is 0.391 e. The fourth-order valence-electron chi connectivity index (χ4n) is 2.63. The maximum Gasteiger partial charge on any atom is 0.273 e. The van der Waals surface area contributed by atoms with E-state index in [1.165, 1.54) is 45.4 Å². The standard InChI is InChI=1S/C18H37F2NO2/c1-3-4-5-6-7-8-9-10-11-12-13-18(19,20)17(23)14-16(22)15(2)21/h15-17,22-23H,3-14,21H2,1-2H3/t15-,16-,17-/m0/s1. The molecular formula is C18H37F2NO2. The monoisotopic (exact) mass is 337 g/mol. The van der Waals surface area contributed by atoms with E-state index in [0.717, 1.165) is 19.3 Å². The minimum Gasteiger partial charge on any atom is -0.391 e. The van der Waals surface area contributed by atoms with E-state index in [1.807, 2.05) is 0 Å². The summed E-state index contributed by atoms with van der Waals surface area (Å²) < 4.78 is 27.6. The van der Waals surface area contributed by atoms with Crippen LogP contribution in [0.4, 0.5) is 8.78 Å². The van der Waals surface area contributed by atoms with Crippen LogP contribution in [0.1, 0.15) is 90.9 Å². The summed E-state index contributed by atoms with van der Waals surface area (Å²) in [7, 11) is 0. The van der Waals surface area contributed by atoms with Crippen LogP contribution < -0.4 is 5.73 Å². The lowest BCUT2D eigenvalue weighted by Gasteiger charge is -2.25. The SMILES string of the molecule is CCCCCCCCCCCCC(F)(F)[C@@H](O)C[C@H](O)[C@H](C)N. The molecule has 0 radical (unpaired) electrons. The highest BCUT2D eigenvalue weighted by Gasteiger charge is 2.38. The zero-order valence-corrected chi connectivity index (χ0v) is 14.9. The van der Waals surface area contributed by atoms with Crippen LogP contribution in [0.2, 0.25) is 0 Å². The Kier molecular flexibility index (Phi) is 12.9. The van der Waals surface area contributed by atoms with Gasteiger partial charge in [-0.25, -0.2) is 8.78 Å². The molecule has 0 bridgehead atoms. The normalized spacial score (nSPS) is 16.3. The van der Waals surface area contributed by atoms with Crippen molar-refractivity contribution in [1.29, 1.82) is 0 Å². The van der Waals surface area contributed by atoms with E-state index in [-0.39, 0.29) is 12.8 Å². The van der Waals surface area contributed by atoms with Crippen molar-refractivity contribution >= 4 is 0 Å². The van der Waals surface area contributed by atoms with E-state index in [9.17, 15) is 19.0 Å².